The molecule has 0 aliphatic rings. The molecular formula is C14H22ClNO. The van der Waals surface area contributed by atoms with Crippen LogP contribution in [0.15, 0.2) is 24.3 Å². The summed E-state index contributed by atoms with van der Waals surface area (Å²) >= 11 is 6.03. The van der Waals surface area contributed by atoms with Gasteiger partial charge in [0, 0.05) is 23.7 Å². The molecule has 0 spiro atoms. The van der Waals surface area contributed by atoms with Crippen LogP contribution < -0.4 is 5.32 Å². The van der Waals surface area contributed by atoms with Crippen LogP contribution in [0.3, 0.4) is 0 Å². The zero-order chi connectivity index (χ0) is 12.9. The molecule has 1 unspecified atom stereocenters. The van der Waals surface area contributed by atoms with E-state index in [1.807, 2.05) is 18.2 Å². The maximum absolute atomic E-state index is 10.0. The number of benzene rings is 1. The first-order chi connectivity index (χ1) is 7.96. The molecule has 0 bridgehead atoms. The molecular weight excluding hydrogens is 234 g/mol. The van der Waals surface area contributed by atoms with Crippen LogP contribution in [0.25, 0.3) is 0 Å². The Morgan fingerprint density at radius 1 is 1.35 bits per heavy atom. The Bertz CT molecular complexity index is 352. The molecule has 0 amide bonds. The van der Waals surface area contributed by atoms with Crippen molar-refractivity contribution >= 4 is 11.6 Å². The fourth-order valence-electron chi connectivity index (χ4n) is 1.53. The first kappa shape index (κ1) is 14.5. The van der Waals surface area contributed by atoms with Crippen molar-refractivity contribution in [3.8, 4) is 0 Å². The average Bonchev–Trinajstić information content (AvgIpc) is 2.29. The van der Waals surface area contributed by atoms with Crippen LogP contribution in [0.5, 0.6) is 0 Å². The lowest BCUT2D eigenvalue weighted by molar-refractivity contribution is 0.168. The molecule has 3 heteroatoms. The fourth-order valence-corrected chi connectivity index (χ4v) is 1.79. The third-order valence-electron chi connectivity index (χ3n) is 3.16. The van der Waals surface area contributed by atoms with E-state index in [1.165, 1.54) is 0 Å². The Kier molecular flexibility index (Phi) is 5.44. The van der Waals surface area contributed by atoms with Crippen molar-refractivity contribution in [3.05, 3.63) is 34.9 Å². The maximum Gasteiger partial charge on any atom is 0.0928 e. The molecule has 0 heterocycles. The van der Waals surface area contributed by atoms with Crippen LogP contribution in [0.2, 0.25) is 5.02 Å². The highest BCUT2D eigenvalue weighted by Gasteiger charge is 2.16. The molecule has 0 aromatic heterocycles. The van der Waals surface area contributed by atoms with Gasteiger partial charge in [0.15, 0.2) is 0 Å². The molecule has 0 aliphatic heterocycles. The van der Waals surface area contributed by atoms with E-state index in [9.17, 15) is 5.11 Å². The van der Waals surface area contributed by atoms with Gasteiger partial charge in [-0.25, -0.2) is 0 Å². The summed E-state index contributed by atoms with van der Waals surface area (Å²) in [6, 6.07) is 7.42. The second-order valence-electron chi connectivity index (χ2n) is 5.19. The van der Waals surface area contributed by atoms with Gasteiger partial charge < -0.3 is 10.4 Å². The highest BCUT2D eigenvalue weighted by Crippen LogP contribution is 2.22. The minimum absolute atomic E-state index is 0.264. The van der Waals surface area contributed by atoms with Gasteiger partial charge in [-0.3, -0.25) is 0 Å². The first-order valence-electron chi connectivity index (χ1n) is 6.09. The third-order valence-corrected chi connectivity index (χ3v) is 3.51. The van der Waals surface area contributed by atoms with Crippen LogP contribution in [0.1, 0.15) is 38.9 Å². The molecule has 17 heavy (non-hydrogen) atoms. The van der Waals surface area contributed by atoms with Gasteiger partial charge in [-0.15, -0.1) is 0 Å². The number of halogens is 1. The standard InChI is InChI=1S/C14H22ClNO/c1-4-14(2,3)10-16-9-13(17)11-7-5-6-8-12(11)15/h5-8,13,16-17H,4,9-10H2,1-3H3. The van der Waals surface area contributed by atoms with Crippen LogP contribution in [-0.2, 0) is 0 Å². The number of aliphatic hydroxyl groups is 1. The van der Waals surface area contributed by atoms with E-state index in [4.69, 9.17) is 11.6 Å². The lowest BCUT2D eigenvalue weighted by atomic mass is 9.90. The largest absolute Gasteiger partial charge is 0.387 e. The lowest BCUT2D eigenvalue weighted by Crippen LogP contribution is -2.31. The van der Waals surface area contributed by atoms with Crippen LogP contribution in [0, 0.1) is 5.41 Å². The Morgan fingerprint density at radius 3 is 2.59 bits per heavy atom. The van der Waals surface area contributed by atoms with Crippen molar-refractivity contribution in [1.82, 2.24) is 5.32 Å². The minimum atomic E-state index is -0.545. The van der Waals surface area contributed by atoms with Crippen LogP contribution >= 0.6 is 11.6 Å². The van der Waals surface area contributed by atoms with E-state index >= 15 is 0 Å². The van der Waals surface area contributed by atoms with E-state index in [0.29, 0.717) is 11.6 Å². The highest BCUT2D eigenvalue weighted by atomic mass is 35.5. The number of hydrogen-bond acceptors (Lipinski definition) is 2. The van der Waals surface area contributed by atoms with Gasteiger partial charge in [0.1, 0.15) is 0 Å². The smallest absolute Gasteiger partial charge is 0.0928 e. The van der Waals surface area contributed by atoms with Crippen molar-refractivity contribution in [2.45, 2.75) is 33.3 Å². The SMILES string of the molecule is CCC(C)(C)CNCC(O)c1ccccc1Cl. The number of nitrogens with one attached hydrogen (secondary N) is 1. The topological polar surface area (TPSA) is 32.3 Å². The summed E-state index contributed by atoms with van der Waals surface area (Å²) < 4.78 is 0. The summed E-state index contributed by atoms with van der Waals surface area (Å²) in [5.41, 5.74) is 1.05. The van der Waals surface area contributed by atoms with Crippen LogP contribution in [0.4, 0.5) is 0 Å². The van der Waals surface area contributed by atoms with E-state index < -0.39 is 6.10 Å². The van der Waals surface area contributed by atoms with E-state index in [-0.39, 0.29) is 5.41 Å². The number of aliphatic hydroxyl groups excluding tert-OH is 1. The predicted molar refractivity (Wildman–Crippen MR) is 73.4 cm³/mol. The lowest BCUT2D eigenvalue weighted by Gasteiger charge is -2.24. The molecule has 0 saturated heterocycles. The molecule has 2 N–H and O–H groups in total. The monoisotopic (exact) mass is 255 g/mol. The second kappa shape index (κ2) is 6.39. The predicted octanol–water partition coefficient (Wildman–Crippen LogP) is 3.40. The van der Waals surface area contributed by atoms with Gasteiger partial charge in [-0.1, -0.05) is 50.6 Å². The molecule has 1 aromatic rings. The van der Waals surface area contributed by atoms with Crippen molar-refractivity contribution < 1.29 is 5.11 Å². The molecule has 0 aliphatic carbocycles. The second-order valence-corrected chi connectivity index (χ2v) is 5.59. The molecule has 2 nitrogen and oxygen atoms in total. The van der Waals surface area contributed by atoms with E-state index in [1.54, 1.807) is 6.07 Å². The summed E-state index contributed by atoms with van der Waals surface area (Å²) in [6.07, 6.45) is 0.568. The Labute approximate surface area is 109 Å². The van der Waals surface area contributed by atoms with Gasteiger partial charge in [-0.05, 0) is 17.9 Å². The molecule has 96 valence electrons. The van der Waals surface area contributed by atoms with Gasteiger partial charge in [0.2, 0.25) is 0 Å². The molecule has 1 aromatic carbocycles. The highest BCUT2D eigenvalue weighted by molar-refractivity contribution is 6.31. The zero-order valence-corrected chi connectivity index (χ0v) is 11.6. The summed E-state index contributed by atoms with van der Waals surface area (Å²) in [5, 5.41) is 13.9. The minimum Gasteiger partial charge on any atom is -0.387 e. The van der Waals surface area contributed by atoms with Crippen molar-refractivity contribution in [2.75, 3.05) is 13.1 Å². The molecule has 0 fully saturated rings. The van der Waals surface area contributed by atoms with Crippen molar-refractivity contribution in [1.29, 1.82) is 0 Å². The van der Waals surface area contributed by atoms with Gasteiger partial charge >= 0.3 is 0 Å². The molecule has 1 rings (SSSR count). The Morgan fingerprint density at radius 2 is 2.00 bits per heavy atom. The fraction of sp³-hybridized carbons (Fsp3) is 0.571. The summed E-state index contributed by atoms with van der Waals surface area (Å²) in [5.74, 6) is 0. The van der Waals surface area contributed by atoms with Gasteiger partial charge in [0.25, 0.3) is 0 Å². The van der Waals surface area contributed by atoms with Crippen molar-refractivity contribution in [2.24, 2.45) is 5.41 Å². The zero-order valence-electron chi connectivity index (χ0n) is 10.8. The maximum atomic E-state index is 10.0. The van der Waals surface area contributed by atoms with Gasteiger partial charge in [0.05, 0.1) is 6.10 Å². The molecule has 0 radical (unpaired) electrons. The Balaban J connectivity index is 2.46. The van der Waals surface area contributed by atoms with Crippen LogP contribution in [-0.4, -0.2) is 18.2 Å². The molecule has 0 saturated carbocycles. The molecule has 1 atom stereocenters. The van der Waals surface area contributed by atoms with Crippen molar-refractivity contribution in [3.63, 3.8) is 0 Å². The normalized spacial score (nSPS) is 13.7. The average molecular weight is 256 g/mol. The van der Waals surface area contributed by atoms with E-state index in [0.717, 1.165) is 18.5 Å². The number of hydrogen-bond donors (Lipinski definition) is 2. The number of rotatable bonds is 6. The summed E-state index contributed by atoms with van der Waals surface area (Å²) in [7, 11) is 0. The summed E-state index contributed by atoms with van der Waals surface area (Å²) in [6.45, 7) is 8.02. The first-order valence-corrected chi connectivity index (χ1v) is 6.47. The third kappa shape index (κ3) is 4.66. The van der Waals surface area contributed by atoms with Gasteiger partial charge in [-0.2, -0.15) is 0 Å². The van der Waals surface area contributed by atoms with E-state index in [2.05, 4.69) is 26.1 Å². The Hall–Kier alpha value is -0.570. The summed E-state index contributed by atoms with van der Waals surface area (Å²) in [4.78, 5) is 0. The quantitative estimate of drug-likeness (QED) is 0.817.